The molecule has 2 heterocycles. The summed E-state index contributed by atoms with van der Waals surface area (Å²) in [4.78, 5) is 34.5. The van der Waals surface area contributed by atoms with Crippen LogP contribution in [0.3, 0.4) is 0 Å². The molecule has 4 N–H and O–H groups in total. The van der Waals surface area contributed by atoms with Crippen molar-refractivity contribution in [3.63, 3.8) is 0 Å². The Labute approximate surface area is 166 Å². The molecule has 0 aliphatic carbocycles. The van der Waals surface area contributed by atoms with Gasteiger partial charge in [0.2, 0.25) is 0 Å². The SMILES string of the molecule is CN(C)Cc1ccc(C(=O)Nc2sc(Nc3ccncc3)nc2C(N)=O)cc1. The highest BCUT2D eigenvalue weighted by atomic mass is 32.1. The zero-order chi connectivity index (χ0) is 20.1. The first kappa shape index (κ1) is 19.5. The third-order valence-electron chi connectivity index (χ3n) is 3.73. The summed E-state index contributed by atoms with van der Waals surface area (Å²) in [6.45, 7) is 0.784. The number of nitrogens with one attached hydrogen (secondary N) is 2. The van der Waals surface area contributed by atoms with E-state index in [0.29, 0.717) is 15.7 Å². The van der Waals surface area contributed by atoms with Gasteiger partial charge in [-0.15, -0.1) is 0 Å². The standard InChI is InChI=1S/C19H20N6O2S/c1-25(2)11-12-3-5-13(6-4-12)17(27)24-18-15(16(20)26)23-19(28-18)22-14-7-9-21-10-8-14/h3-10H,11H2,1-2H3,(H2,20,26)(H,24,27)(H,21,22,23). The van der Waals surface area contributed by atoms with E-state index in [-0.39, 0.29) is 11.6 Å². The summed E-state index contributed by atoms with van der Waals surface area (Å²) in [6.07, 6.45) is 3.27. The van der Waals surface area contributed by atoms with Crippen molar-refractivity contribution in [2.45, 2.75) is 6.54 Å². The lowest BCUT2D eigenvalue weighted by Crippen LogP contribution is -2.17. The van der Waals surface area contributed by atoms with E-state index in [4.69, 9.17) is 5.73 Å². The van der Waals surface area contributed by atoms with E-state index in [1.165, 1.54) is 0 Å². The Hall–Kier alpha value is -3.30. The van der Waals surface area contributed by atoms with Crippen LogP contribution in [0, 0.1) is 0 Å². The minimum Gasteiger partial charge on any atom is -0.364 e. The quantitative estimate of drug-likeness (QED) is 0.566. The molecule has 2 amide bonds. The van der Waals surface area contributed by atoms with E-state index < -0.39 is 5.91 Å². The Morgan fingerprint density at radius 1 is 1.11 bits per heavy atom. The molecule has 0 aliphatic rings. The number of amides is 2. The molecule has 2 aromatic heterocycles. The summed E-state index contributed by atoms with van der Waals surface area (Å²) in [6, 6.07) is 10.8. The summed E-state index contributed by atoms with van der Waals surface area (Å²) in [7, 11) is 3.96. The molecule has 144 valence electrons. The van der Waals surface area contributed by atoms with Gasteiger partial charge in [0.1, 0.15) is 5.00 Å². The molecule has 0 atom stereocenters. The zero-order valence-corrected chi connectivity index (χ0v) is 16.3. The number of nitrogens with two attached hydrogens (primary N) is 1. The molecule has 8 nitrogen and oxygen atoms in total. The number of carbonyl (C=O) groups excluding carboxylic acids is 2. The van der Waals surface area contributed by atoms with Gasteiger partial charge >= 0.3 is 0 Å². The highest BCUT2D eigenvalue weighted by molar-refractivity contribution is 7.20. The molecule has 1 aromatic carbocycles. The molecule has 9 heteroatoms. The van der Waals surface area contributed by atoms with Crippen molar-refractivity contribution in [1.82, 2.24) is 14.9 Å². The molecule has 0 bridgehead atoms. The fraction of sp³-hybridized carbons (Fsp3) is 0.158. The van der Waals surface area contributed by atoms with Gasteiger partial charge in [-0.25, -0.2) is 4.98 Å². The fourth-order valence-corrected chi connectivity index (χ4v) is 3.37. The number of rotatable bonds is 7. The largest absolute Gasteiger partial charge is 0.364 e. The number of thiazole rings is 1. The van der Waals surface area contributed by atoms with E-state index >= 15 is 0 Å². The molecule has 3 rings (SSSR count). The van der Waals surface area contributed by atoms with Crippen molar-refractivity contribution in [2.24, 2.45) is 5.73 Å². The number of hydrogen-bond acceptors (Lipinski definition) is 7. The summed E-state index contributed by atoms with van der Waals surface area (Å²) < 4.78 is 0. The highest BCUT2D eigenvalue weighted by Crippen LogP contribution is 2.30. The predicted octanol–water partition coefficient (Wildman–Crippen LogP) is 2.69. The minimum absolute atomic E-state index is 0.0131. The molecule has 0 spiro atoms. The molecule has 3 aromatic rings. The van der Waals surface area contributed by atoms with E-state index in [9.17, 15) is 9.59 Å². The molecular weight excluding hydrogens is 376 g/mol. The van der Waals surface area contributed by atoms with E-state index in [2.05, 4.69) is 20.6 Å². The first-order valence-electron chi connectivity index (χ1n) is 8.45. The smallest absolute Gasteiger partial charge is 0.270 e. The second-order valence-electron chi connectivity index (χ2n) is 6.31. The van der Waals surface area contributed by atoms with Crippen molar-refractivity contribution in [1.29, 1.82) is 0 Å². The number of nitrogens with zero attached hydrogens (tertiary/aromatic N) is 3. The van der Waals surface area contributed by atoms with Gasteiger partial charge in [-0.2, -0.15) is 0 Å². The second kappa shape index (κ2) is 8.59. The Morgan fingerprint density at radius 3 is 2.39 bits per heavy atom. The maximum atomic E-state index is 12.6. The van der Waals surface area contributed by atoms with Crippen LogP contribution in [0.2, 0.25) is 0 Å². The van der Waals surface area contributed by atoms with Gasteiger partial charge in [0, 0.05) is 30.2 Å². The molecular formula is C19H20N6O2S. The minimum atomic E-state index is -0.712. The number of carbonyl (C=O) groups is 2. The van der Waals surface area contributed by atoms with Crippen LogP contribution in [0.5, 0.6) is 0 Å². The number of primary amides is 1. The van der Waals surface area contributed by atoms with Crippen LogP contribution >= 0.6 is 11.3 Å². The first-order valence-corrected chi connectivity index (χ1v) is 9.26. The molecule has 0 unspecified atom stereocenters. The summed E-state index contributed by atoms with van der Waals surface area (Å²) in [5, 5.41) is 6.53. The summed E-state index contributed by atoms with van der Waals surface area (Å²) >= 11 is 1.14. The molecule has 0 saturated carbocycles. The van der Waals surface area contributed by atoms with Crippen LogP contribution in [0.1, 0.15) is 26.4 Å². The second-order valence-corrected chi connectivity index (χ2v) is 7.31. The average molecular weight is 396 g/mol. The summed E-state index contributed by atoms with van der Waals surface area (Å²) in [5.41, 5.74) is 7.76. The van der Waals surface area contributed by atoms with Crippen LogP contribution in [0.25, 0.3) is 0 Å². The maximum absolute atomic E-state index is 12.6. The van der Waals surface area contributed by atoms with Gasteiger partial charge < -0.3 is 21.3 Å². The Balaban J connectivity index is 1.77. The maximum Gasteiger partial charge on any atom is 0.270 e. The third kappa shape index (κ3) is 4.90. The predicted molar refractivity (Wildman–Crippen MR) is 110 cm³/mol. The molecule has 28 heavy (non-hydrogen) atoms. The van der Waals surface area contributed by atoms with Crippen molar-refractivity contribution >= 4 is 39.0 Å². The normalized spacial score (nSPS) is 10.7. The summed E-state index contributed by atoms with van der Waals surface area (Å²) in [5.74, 6) is -1.05. The van der Waals surface area contributed by atoms with Crippen molar-refractivity contribution in [2.75, 3.05) is 24.7 Å². The number of hydrogen-bond donors (Lipinski definition) is 3. The lowest BCUT2D eigenvalue weighted by molar-refractivity contribution is 0.0997. The Bertz CT molecular complexity index is 970. The van der Waals surface area contributed by atoms with Crippen molar-refractivity contribution < 1.29 is 9.59 Å². The zero-order valence-electron chi connectivity index (χ0n) is 15.5. The monoisotopic (exact) mass is 396 g/mol. The van der Waals surface area contributed by atoms with Gasteiger partial charge in [-0.3, -0.25) is 14.6 Å². The van der Waals surface area contributed by atoms with Crippen molar-refractivity contribution in [3.8, 4) is 0 Å². The molecule has 0 aliphatic heterocycles. The van der Waals surface area contributed by atoms with E-state index in [0.717, 1.165) is 29.1 Å². The van der Waals surface area contributed by atoms with Crippen molar-refractivity contribution in [3.05, 3.63) is 65.6 Å². The number of anilines is 3. The third-order valence-corrected chi connectivity index (χ3v) is 4.62. The van der Waals surface area contributed by atoms with Gasteiger partial charge in [0.15, 0.2) is 10.8 Å². The molecule has 0 saturated heterocycles. The molecule has 0 radical (unpaired) electrons. The topological polar surface area (TPSA) is 113 Å². The Morgan fingerprint density at radius 2 is 1.79 bits per heavy atom. The van der Waals surface area contributed by atoms with Crippen LogP contribution in [-0.2, 0) is 6.54 Å². The van der Waals surface area contributed by atoms with Gasteiger partial charge in [0.05, 0.1) is 0 Å². The highest BCUT2D eigenvalue weighted by Gasteiger charge is 2.19. The lowest BCUT2D eigenvalue weighted by Gasteiger charge is -2.10. The lowest BCUT2D eigenvalue weighted by atomic mass is 10.1. The number of benzene rings is 1. The number of pyridine rings is 1. The fourth-order valence-electron chi connectivity index (χ4n) is 2.49. The number of aromatic nitrogens is 2. The van der Waals surface area contributed by atoms with Crippen LogP contribution in [-0.4, -0.2) is 40.8 Å². The van der Waals surface area contributed by atoms with E-state index in [1.807, 2.05) is 31.1 Å². The van der Waals surface area contributed by atoms with Crippen LogP contribution < -0.4 is 16.4 Å². The first-order chi connectivity index (χ1) is 13.4. The van der Waals surface area contributed by atoms with Gasteiger partial charge in [-0.05, 0) is 43.9 Å². The van der Waals surface area contributed by atoms with E-state index in [1.54, 1.807) is 36.7 Å². The Kier molecular flexibility index (Phi) is 5.97. The molecule has 0 fully saturated rings. The van der Waals surface area contributed by atoms with Gasteiger partial charge in [0.25, 0.3) is 11.8 Å². The van der Waals surface area contributed by atoms with Crippen LogP contribution in [0.15, 0.2) is 48.8 Å². The average Bonchev–Trinajstić information content (AvgIpc) is 3.05. The van der Waals surface area contributed by atoms with Crippen LogP contribution in [0.4, 0.5) is 15.8 Å². The van der Waals surface area contributed by atoms with Gasteiger partial charge in [-0.1, -0.05) is 23.5 Å².